The van der Waals surface area contributed by atoms with Crippen LogP contribution in [-0.2, 0) is 30.3 Å². The van der Waals surface area contributed by atoms with Crippen LogP contribution in [0.25, 0.3) is 22.4 Å². The normalized spacial score (nSPS) is 13.7. The lowest BCUT2D eigenvalue weighted by atomic mass is 10.1. The third-order valence-electron chi connectivity index (χ3n) is 8.46. The SMILES string of the molecule is COCCN(CCOC)c1nc(N2CCC(OC)CC2)c2nc(N(CCOC)CCOC)nc(OCc3cccc(-c4noc(C)n4)c3)c2n1. The van der Waals surface area contributed by atoms with Crippen LogP contribution in [-0.4, -0.2) is 137 Å². The quantitative estimate of drug-likeness (QED) is 0.133. The average molecular weight is 696 g/mol. The standard InChI is InChI=1S/C34H49N9O7/c1-24-35-30(40-50-24)26-9-7-8-25(22-26)23-49-32-29-28(36-34(39-32)43(16-20-46-4)17-21-47-5)31(41-12-10-27(48-6)11-13-41)38-33(37-29)42(14-18-44-2)15-19-45-3/h7-9,22,27H,10-21,23H2,1-6H3. The molecular weight excluding hydrogens is 646 g/mol. The predicted octanol–water partition coefficient (Wildman–Crippen LogP) is 3.17. The molecule has 0 saturated carbocycles. The van der Waals surface area contributed by atoms with Crippen molar-refractivity contribution in [2.45, 2.75) is 32.5 Å². The maximum Gasteiger partial charge on any atom is 0.246 e. The predicted molar refractivity (Wildman–Crippen MR) is 188 cm³/mol. The van der Waals surface area contributed by atoms with E-state index in [1.54, 1.807) is 42.5 Å². The van der Waals surface area contributed by atoms with Crippen LogP contribution in [0.3, 0.4) is 0 Å². The first kappa shape index (κ1) is 37.0. The van der Waals surface area contributed by atoms with Gasteiger partial charge in [-0.1, -0.05) is 23.4 Å². The minimum Gasteiger partial charge on any atom is -0.471 e. The van der Waals surface area contributed by atoms with Crippen LogP contribution in [0, 0.1) is 6.92 Å². The molecule has 1 saturated heterocycles. The molecular formula is C34H49N9O7. The van der Waals surface area contributed by atoms with Crippen LogP contribution in [0.1, 0.15) is 24.3 Å². The van der Waals surface area contributed by atoms with E-state index in [0.29, 0.717) is 98.9 Å². The van der Waals surface area contributed by atoms with Crippen LogP contribution in [0.5, 0.6) is 5.88 Å². The third-order valence-corrected chi connectivity index (χ3v) is 8.46. The van der Waals surface area contributed by atoms with E-state index in [0.717, 1.165) is 37.1 Å². The maximum absolute atomic E-state index is 6.57. The number of piperidine rings is 1. The molecule has 5 rings (SSSR count). The molecule has 0 spiro atoms. The summed E-state index contributed by atoms with van der Waals surface area (Å²) in [5.41, 5.74) is 2.82. The molecule has 0 atom stereocenters. The Balaban J connectivity index is 1.63. The first-order valence-corrected chi connectivity index (χ1v) is 16.8. The van der Waals surface area contributed by atoms with Gasteiger partial charge in [0.2, 0.25) is 29.5 Å². The van der Waals surface area contributed by atoms with Crippen molar-refractivity contribution in [3.05, 3.63) is 35.7 Å². The summed E-state index contributed by atoms with van der Waals surface area (Å²) in [5.74, 6) is 3.04. The van der Waals surface area contributed by atoms with Crippen molar-refractivity contribution in [2.24, 2.45) is 0 Å². The monoisotopic (exact) mass is 695 g/mol. The highest BCUT2D eigenvalue weighted by Gasteiger charge is 2.27. The molecule has 0 radical (unpaired) electrons. The Kier molecular flexibility index (Phi) is 13.8. The Morgan fingerprint density at radius 3 is 1.92 bits per heavy atom. The number of methoxy groups -OCH3 is 5. The fraction of sp³-hybridized carbons (Fsp3) is 0.588. The summed E-state index contributed by atoms with van der Waals surface area (Å²) in [7, 11) is 8.46. The second-order valence-electron chi connectivity index (χ2n) is 11.9. The Morgan fingerprint density at radius 2 is 1.36 bits per heavy atom. The topological polar surface area (TPSA) is 156 Å². The Morgan fingerprint density at radius 1 is 0.760 bits per heavy atom. The average Bonchev–Trinajstić information content (AvgIpc) is 3.60. The van der Waals surface area contributed by atoms with E-state index < -0.39 is 0 Å². The second kappa shape index (κ2) is 18.7. The highest BCUT2D eigenvalue weighted by atomic mass is 16.5. The second-order valence-corrected chi connectivity index (χ2v) is 11.9. The van der Waals surface area contributed by atoms with Gasteiger partial charge < -0.3 is 47.6 Å². The third kappa shape index (κ3) is 9.51. The lowest BCUT2D eigenvalue weighted by Crippen LogP contribution is -2.38. The molecule has 1 fully saturated rings. The number of ether oxygens (including phenoxy) is 6. The number of hydrogen-bond donors (Lipinski definition) is 0. The Bertz CT molecular complexity index is 1620. The van der Waals surface area contributed by atoms with Gasteiger partial charge in [-0.15, -0.1) is 0 Å². The first-order valence-electron chi connectivity index (χ1n) is 16.8. The van der Waals surface area contributed by atoms with E-state index in [4.69, 9.17) is 52.9 Å². The van der Waals surface area contributed by atoms with E-state index in [-0.39, 0.29) is 12.7 Å². The number of anilines is 3. The van der Waals surface area contributed by atoms with Gasteiger partial charge in [-0.25, -0.2) is 9.97 Å². The van der Waals surface area contributed by atoms with Crippen LogP contribution in [0.4, 0.5) is 17.7 Å². The van der Waals surface area contributed by atoms with Gasteiger partial charge in [0, 0.05) is 87.3 Å². The highest BCUT2D eigenvalue weighted by molar-refractivity contribution is 5.91. The molecule has 1 aromatic carbocycles. The van der Waals surface area contributed by atoms with Crippen molar-refractivity contribution in [1.82, 2.24) is 30.1 Å². The van der Waals surface area contributed by atoms with E-state index in [2.05, 4.69) is 19.9 Å². The molecule has 0 unspecified atom stereocenters. The van der Waals surface area contributed by atoms with E-state index in [1.807, 2.05) is 29.2 Å². The zero-order valence-corrected chi connectivity index (χ0v) is 30.0. The first-order chi connectivity index (χ1) is 24.5. The van der Waals surface area contributed by atoms with Gasteiger partial charge in [0.1, 0.15) is 12.1 Å². The van der Waals surface area contributed by atoms with Crippen molar-refractivity contribution < 1.29 is 32.9 Å². The van der Waals surface area contributed by atoms with Crippen molar-refractivity contribution >= 4 is 28.7 Å². The smallest absolute Gasteiger partial charge is 0.246 e. The lowest BCUT2D eigenvalue weighted by Gasteiger charge is -2.33. The summed E-state index contributed by atoms with van der Waals surface area (Å²) in [4.78, 5) is 31.1. The molecule has 272 valence electrons. The van der Waals surface area contributed by atoms with Crippen molar-refractivity contribution in [2.75, 3.05) is 116 Å². The molecule has 0 bridgehead atoms. The summed E-state index contributed by atoms with van der Waals surface area (Å²) in [6.45, 7) is 7.62. The van der Waals surface area contributed by atoms with Crippen molar-refractivity contribution in [3.8, 4) is 17.3 Å². The molecule has 1 aliphatic heterocycles. The van der Waals surface area contributed by atoms with E-state index in [9.17, 15) is 0 Å². The summed E-state index contributed by atoms with van der Waals surface area (Å²) >= 11 is 0. The largest absolute Gasteiger partial charge is 0.471 e. The van der Waals surface area contributed by atoms with Crippen LogP contribution in [0.15, 0.2) is 28.8 Å². The number of benzene rings is 1. The number of nitrogens with zero attached hydrogens (tertiary/aromatic N) is 9. The van der Waals surface area contributed by atoms with Crippen LogP contribution >= 0.6 is 0 Å². The van der Waals surface area contributed by atoms with Gasteiger partial charge in [-0.2, -0.15) is 15.0 Å². The molecule has 4 aromatic rings. The zero-order chi connectivity index (χ0) is 35.3. The van der Waals surface area contributed by atoms with Crippen LogP contribution < -0.4 is 19.4 Å². The molecule has 0 aliphatic carbocycles. The van der Waals surface area contributed by atoms with Gasteiger partial charge in [-0.05, 0) is 24.5 Å². The number of aryl methyl sites for hydroxylation is 1. The maximum atomic E-state index is 6.57. The van der Waals surface area contributed by atoms with E-state index in [1.165, 1.54) is 0 Å². The molecule has 50 heavy (non-hydrogen) atoms. The molecule has 0 N–H and O–H groups in total. The minimum absolute atomic E-state index is 0.188. The molecule has 16 nitrogen and oxygen atoms in total. The number of fused-ring (bicyclic) bond motifs is 1. The fourth-order valence-corrected chi connectivity index (χ4v) is 5.66. The molecule has 0 amide bonds. The van der Waals surface area contributed by atoms with Gasteiger partial charge >= 0.3 is 0 Å². The van der Waals surface area contributed by atoms with Crippen molar-refractivity contribution in [3.63, 3.8) is 0 Å². The summed E-state index contributed by atoms with van der Waals surface area (Å²) in [6.07, 6.45) is 1.91. The molecule has 1 aliphatic rings. The zero-order valence-electron chi connectivity index (χ0n) is 30.0. The summed E-state index contributed by atoms with van der Waals surface area (Å²) in [5, 5.41) is 4.07. The highest BCUT2D eigenvalue weighted by Crippen LogP contribution is 2.34. The van der Waals surface area contributed by atoms with Gasteiger partial charge in [0.05, 0.1) is 32.5 Å². The van der Waals surface area contributed by atoms with Crippen LogP contribution in [0.2, 0.25) is 0 Å². The van der Waals surface area contributed by atoms with Crippen molar-refractivity contribution in [1.29, 1.82) is 0 Å². The fourth-order valence-electron chi connectivity index (χ4n) is 5.66. The van der Waals surface area contributed by atoms with E-state index >= 15 is 0 Å². The van der Waals surface area contributed by atoms with Gasteiger partial charge in [0.15, 0.2) is 11.3 Å². The Labute approximate surface area is 293 Å². The van der Waals surface area contributed by atoms with Gasteiger partial charge in [0.25, 0.3) is 0 Å². The lowest BCUT2D eigenvalue weighted by molar-refractivity contribution is 0.0818. The molecule has 4 heterocycles. The number of hydrogen-bond acceptors (Lipinski definition) is 16. The number of rotatable bonds is 20. The minimum atomic E-state index is 0.188. The summed E-state index contributed by atoms with van der Waals surface area (Å²) < 4.78 is 39.2. The Hall–Kier alpha value is -4.22. The summed E-state index contributed by atoms with van der Waals surface area (Å²) in [6, 6.07) is 7.82. The molecule has 3 aromatic heterocycles. The number of aromatic nitrogens is 6. The van der Waals surface area contributed by atoms with Gasteiger partial charge in [-0.3, -0.25) is 0 Å². The molecule has 16 heteroatoms.